The maximum absolute atomic E-state index is 12.5. The fraction of sp³-hybridized carbons (Fsp3) is 0.438. The van der Waals surface area contributed by atoms with Crippen molar-refractivity contribution in [3.8, 4) is 0 Å². The van der Waals surface area contributed by atoms with Crippen molar-refractivity contribution in [2.75, 3.05) is 6.61 Å². The van der Waals surface area contributed by atoms with Crippen LogP contribution < -0.4 is 5.32 Å². The molecule has 2 aliphatic heterocycles. The fourth-order valence-corrected chi connectivity index (χ4v) is 4.04. The lowest BCUT2D eigenvalue weighted by Gasteiger charge is -2.36. The van der Waals surface area contributed by atoms with Gasteiger partial charge in [0.25, 0.3) is 5.91 Å². The van der Waals surface area contributed by atoms with Gasteiger partial charge in [-0.3, -0.25) is 4.79 Å². The molecule has 6 heteroatoms. The van der Waals surface area contributed by atoms with Gasteiger partial charge in [0.2, 0.25) is 0 Å². The molecule has 0 saturated carbocycles. The monoisotopic (exact) mass is 341 g/mol. The van der Waals surface area contributed by atoms with Crippen LogP contribution in [0.3, 0.4) is 0 Å². The Balaban J connectivity index is 2.14. The van der Waals surface area contributed by atoms with Gasteiger partial charge in [-0.1, -0.05) is 23.2 Å². The van der Waals surface area contributed by atoms with Crippen LogP contribution in [0.4, 0.5) is 0 Å². The lowest BCUT2D eigenvalue weighted by atomic mass is 9.85. The van der Waals surface area contributed by atoms with Gasteiger partial charge in [-0.15, -0.1) is 0 Å². The molecule has 1 fully saturated rings. The molecule has 3 rings (SSSR count). The predicted octanol–water partition coefficient (Wildman–Crippen LogP) is 3.64. The minimum absolute atomic E-state index is 0.0302. The van der Waals surface area contributed by atoms with Gasteiger partial charge in [0.15, 0.2) is 0 Å². The van der Waals surface area contributed by atoms with E-state index in [4.69, 9.17) is 27.9 Å². The molecule has 118 valence electrons. The lowest BCUT2D eigenvalue weighted by molar-refractivity contribution is -0.117. The van der Waals surface area contributed by atoms with Gasteiger partial charge in [-0.25, -0.2) is 0 Å². The number of benzene rings is 1. The number of aliphatic hydroxyl groups excluding tert-OH is 1. The maximum atomic E-state index is 12.5. The van der Waals surface area contributed by atoms with Crippen LogP contribution >= 0.6 is 23.2 Å². The molecule has 2 unspecified atom stereocenters. The summed E-state index contributed by atoms with van der Waals surface area (Å²) in [4.78, 5) is 12.5. The molecule has 2 heterocycles. The van der Waals surface area contributed by atoms with Crippen molar-refractivity contribution in [3.05, 3.63) is 39.1 Å². The summed E-state index contributed by atoms with van der Waals surface area (Å²) < 4.78 is 5.52. The molecule has 1 amide bonds. The zero-order valence-electron chi connectivity index (χ0n) is 12.4. The second-order valence-corrected chi connectivity index (χ2v) is 6.82. The van der Waals surface area contributed by atoms with E-state index in [-0.39, 0.29) is 23.3 Å². The van der Waals surface area contributed by atoms with Gasteiger partial charge in [0, 0.05) is 30.0 Å². The summed E-state index contributed by atoms with van der Waals surface area (Å²) in [7, 11) is 0. The Morgan fingerprint density at radius 1 is 1.41 bits per heavy atom. The molecule has 2 N–H and O–H groups in total. The Bertz CT molecular complexity index is 663. The number of hydrogen-bond donors (Lipinski definition) is 2. The Morgan fingerprint density at radius 3 is 2.77 bits per heavy atom. The van der Waals surface area contributed by atoms with Crippen LogP contribution in [0, 0.1) is 6.92 Å². The second kappa shape index (κ2) is 5.44. The zero-order chi connectivity index (χ0) is 16.1. The first-order chi connectivity index (χ1) is 10.3. The van der Waals surface area contributed by atoms with E-state index >= 15 is 0 Å². The SMILES string of the molecule is Cc1cc(Cl)cc(Cl)c1C1=C(O)C2(CCOC(C)C2)NC1=O. The first kappa shape index (κ1) is 15.7. The number of halogens is 2. The molecule has 0 bridgehead atoms. The standard InChI is InChI=1S/C16H17Cl2NO3/c1-8-5-10(17)6-11(18)12(8)13-14(20)16(19-15(13)21)3-4-22-9(2)7-16/h5-6,9,20H,3-4,7H2,1-2H3,(H,19,21). The maximum Gasteiger partial charge on any atom is 0.256 e. The van der Waals surface area contributed by atoms with Gasteiger partial charge in [-0.2, -0.15) is 0 Å². The summed E-state index contributed by atoms with van der Waals surface area (Å²) in [6.45, 7) is 4.24. The van der Waals surface area contributed by atoms with Crippen LogP contribution in [0.25, 0.3) is 5.57 Å². The predicted molar refractivity (Wildman–Crippen MR) is 86.3 cm³/mol. The van der Waals surface area contributed by atoms with Gasteiger partial charge < -0.3 is 15.2 Å². The molecule has 0 radical (unpaired) electrons. The highest BCUT2D eigenvalue weighted by Crippen LogP contribution is 2.42. The molecule has 4 nitrogen and oxygen atoms in total. The zero-order valence-corrected chi connectivity index (χ0v) is 13.9. The van der Waals surface area contributed by atoms with Crippen molar-refractivity contribution in [3.63, 3.8) is 0 Å². The summed E-state index contributed by atoms with van der Waals surface area (Å²) in [5.74, 6) is -0.251. The van der Waals surface area contributed by atoms with Gasteiger partial charge in [-0.05, 0) is 31.5 Å². The van der Waals surface area contributed by atoms with Crippen molar-refractivity contribution in [1.82, 2.24) is 5.32 Å². The highest BCUT2D eigenvalue weighted by molar-refractivity contribution is 6.38. The minimum atomic E-state index is -0.751. The number of amides is 1. The summed E-state index contributed by atoms with van der Waals surface area (Å²) in [5, 5.41) is 14.6. The Kier molecular flexibility index (Phi) is 3.87. The van der Waals surface area contributed by atoms with Gasteiger partial charge in [0.1, 0.15) is 11.3 Å². The van der Waals surface area contributed by atoms with Crippen LogP contribution in [0.1, 0.15) is 30.9 Å². The molecule has 1 spiro atoms. The summed E-state index contributed by atoms with van der Waals surface area (Å²) in [6, 6.07) is 3.31. The number of aliphatic hydroxyl groups is 1. The third-order valence-electron chi connectivity index (χ3n) is 4.34. The number of hydrogen-bond acceptors (Lipinski definition) is 3. The van der Waals surface area contributed by atoms with E-state index in [1.807, 2.05) is 13.8 Å². The summed E-state index contributed by atoms with van der Waals surface area (Å²) >= 11 is 12.2. The van der Waals surface area contributed by atoms with Crippen LogP contribution in [-0.2, 0) is 9.53 Å². The van der Waals surface area contributed by atoms with Crippen LogP contribution in [0.5, 0.6) is 0 Å². The van der Waals surface area contributed by atoms with E-state index in [0.717, 1.165) is 5.56 Å². The van der Waals surface area contributed by atoms with E-state index in [0.29, 0.717) is 35.1 Å². The van der Waals surface area contributed by atoms with Crippen LogP contribution in [-0.4, -0.2) is 29.3 Å². The molecular formula is C16H17Cl2NO3. The van der Waals surface area contributed by atoms with Gasteiger partial charge >= 0.3 is 0 Å². The van der Waals surface area contributed by atoms with Gasteiger partial charge in [0.05, 0.1) is 16.7 Å². The van der Waals surface area contributed by atoms with E-state index in [9.17, 15) is 9.90 Å². The third kappa shape index (κ3) is 2.39. The first-order valence-corrected chi connectivity index (χ1v) is 7.93. The highest BCUT2D eigenvalue weighted by Gasteiger charge is 2.48. The molecule has 1 saturated heterocycles. The molecule has 0 aromatic heterocycles. The number of aryl methyl sites for hydroxylation is 1. The second-order valence-electron chi connectivity index (χ2n) is 5.97. The van der Waals surface area contributed by atoms with E-state index in [2.05, 4.69) is 5.32 Å². The molecule has 22 heavy (non-hydrogen) atoms. The number of ether oxygens (including phenoxy) is 1. The topological polar surface area (TPSA) is 58.6 Å². The molecule has 2 aliphatic rings. The summed E-state index contributed by atoms with van der Waals surface area (Å²) in [6.07, 6.45) is 1.05. The molecule has 2 atom stereocenters. The number of carbonyl (C=O) groups excluding carboxylic acids is 1. The van der Waals surface area contributed by atoms with Crippen molar-refractivity contribution in [1.29, 1.82) is 0 Å². The van der Waals surface area contributed by atoms with Crippen molar-refractivity contribution in [2.45, 2.75) is 38.3 Å². The molecule has 1 aromatic carbocycles. The third-order valence-corrected chi connectivity index (χ3v) is 4.86. The van der Waals surface area contributed by atoms with Crippen molar-refractivity contribution in [2.24, 2.45) is 0 Å². The molecule has 1 aromatic rings. The van der Waals surface area contributed by atoms with Crippen LogP contribution in [0.2, 0.25) is 10.0 Å². The number of carbonyl (C=O) groups is 1. The van der Waals surface area contributed by atoms with E-state index in [1.54, 1.807) is 12.1 Å². The Labute approximate surface area is 139 Å². The minimum Gasteiger partial charge on any atom is -0.509 e. The Morgan fingerprint density at radius 2 is 2.14 bits per heavy atom. The van der Waals surface area contributed by atoms with Crippen LogP contribution in [0.15, 0.2) is 17.9 Å². The quantitative estimate of drug-likeness (QED) is 0.819. The average Bonchev–Trinajstić information content (AvgIpc) is 2.62. The normalized spacial score (nSPS) is 28.4. The average molecular weight is 342 g/mol. The van der Waals surface area contributed by atoms with Crippen molar-refractivity contribution >= 4 is 34.7 Å². The van der Waals surface area contributed by atoms with Crippen molar-refractivity contribution < 1.29 is 14.6 Å². The smallest absolute Gasteiger partial charge is 0.256 e. The number of nitrogens with one attached hydrogen (secondary N) is 1. The fourth-order valence-electron chi connectivity index (χ4n) is 3.35. The first-order valence-electron chi connectivity index (χ1n) is 7.18. The van der Waals surface area contributed by atoms with E-state index in [1.165, 1.54) is 0 Å². The summed E-state index contributed by atoms with van der Waals surface area (Å²) in [5.41, 5.74) is 0.788. The highest BCUT2D eigenvalue weighted by atomic mass is 35.5. The molecular weight excluding hydrogens is 325 g/mol. The lowest BCUT2D eigenvalue weighted by Crippen LogP contribution is -2.50. The van der Waals surface area contributed by atoms with E-state index < -0.39 is 5.54 Å². The largest absolute Gasteiger partial charge is 0.509 e. The Hall–Kier alpha value is -1.23. The molecule has 0 aliphatic carbocycles. The number of rotatable bonds is 1.